The van der Waals surface area contributed by atoms with Crippen molar-refractivity contribution in [3.8, 4) is 0 Å². The summed E-state index contributed by atoms with van der Waals surface area (Å²) < 4.78 is 1.15. The maximum absolute atomic E-state index is 11.7. The Labute approximate surface area is 136 Å². The van der Waals surface area contributed by atoms with E-state index < -0.39 is 0 Å². The van der Waals surface area contributed by atoms with Crippen LogP contribution in [0.1, 0.15) is 51.5 Å². The minimum Gasteiger partial charge on any atom is -0.351 e. The normalized spacial score (nSPS) is 21.7. The van der Waals surface area contributed by atoms with Gasteiger partial charge in [-0.1, -0.05) is 28.1 Å². The molecule has 0 atom stereocenters. The maximum atomic E-state index is 11.7. The van der Waals surface area contributed by atoms with Crippen LogP contribution in [-0.2, 0) is 4.79 Å². The molecule has 0 aliphatic heterocycles. The molecule has 4 heteroatoms. The molecule has 21 heavy (non-hydrogen) atoms. The molecule has 1 fully saturated rings. The highest BCUT2D eigenvalue weighted by Crippen LogP contribution is 2.37. The van der Waals surface area contributed by atoms with E-state index >= 15 is 0 Å². The first kappa shape index (κ1) is 16.5. The first-order valence-electron chi connectivity index (χ1n) is 7.63. The Morgan fingerprint density at radius 1 is 1.33 bits per heavy atom. The molecule has 1 saturated carbocycles. The molecule has 116 valence electrons. The van der Waals surface area contributed by atoms with Crippen molar-refractivity contribution in [3.63, 3.8) is 0 Å². The number of hydrogen-bond donors (Lipinski definition) is 2. The first-order chi connectivity index (χ1) is 9.83. The standard InChI is InChI=1S/C17H25BrN2O/c1-17(2,3)20-16(21)7-8-19-15-10-13(11-15)12-5-4-6-14(18)9-12/h4-6,9,13,15,19H,7-8,10-11H2,1-3H3,(H,20,21). The Morgan fingerprint density at radius 2 is 2.05 bits per heavy atom. The van der Waals surface area contributed by atoms with Crippen molar-refractivity contribution >= 4 is 21.8 Å². The zero-order valence-corrected chi connectivity index (χ0v) is 14.7. The molecule has 2 N–H and O–H groups in total. The van der Waals surface area contributed by atoms with Gasteiger partial charge in [0.1, 0.15) is 0 Å². The Hall–Kier alpha value is -0.870. The summed E-state index contributed by atoms with van der Waals surface area (Å²) in [4.78, 5) is 11.7. The van der Waals surface area contributed by atoms with Gasteiger partial charge in [0.2, 0.25) is 5.91 Å². The van der Waals surface area contributed by atoms with E-state index in [-0.39, 0.29) is 11.4 Å². The summed E-state index contributed by atoms with van der Waals surface area (Å²) in [7, 11) is 0. The van der Waals surface area contributed by atoms with E-state index in [1.54, 1.807) is 0 Å². The van der Waals surface area contributed by atoms with Crippen molar-refractivity contribution in [2.24, 2.45) is 0 Å². The summed E-state index contributed by atoms with van der Waals surface area (Å²) in [6, 6.07) is 9.11. The highest BCUT2D eigenvalue weighted by atomic mass is 79.9. The van der Waals surface area contributed by atoms with Crippen LogP contribution in [0.15, 0.2) is 28.7 Å². The van der Waals surface area contributed by atoms with Gasteiger partial charge in [-0.3, -0.25) is 4.79 Å². The van der Waals surface area contributed by atoms with E-state index in [0.717, 1.165) is 23.9 Å². The van der Waals surface area contributed by atoms with E-state index in [0.29, 0.717) is 18.4 Å². The van der Waals surface area contributed by atoms with Gasteiger partial charge in [0.15, 0.2) is 0 Å². The van der Waals surface area contributed by atoms with Gasteiger partial charge in [0, 0.05) is 29.0 Å². The topological polar surface area (TPSA) is 41.1 Å². The summed E-state index contributed by atoms with van der Waals surface area (Å²) in [5.74, 6) is 0.779. The van der Waals surface area contributed by atoms with Crippen molar-refractivity contribution in [3.05, 3.63) is 34.3 Å². The predicted molar refractivity (Wildman–Crippen MR) is 90.4 cm³/mol. The summed E-state index contributed by atoms with van der Waals surface area (Å²) >= 11 is 3.52. The zero-order chi connectivity index (χ0) is 15.5. The third-order valence-electron chi connectivity index (χ3n) is 3.76. The number of carbonyl (C=O) groups excluding carboxylic acids is 1. The lowest BCUT2D eigenvalue weighted by atomic mass is 9.76. The summed E-state index contributed by atoms with van der Waals surface area (Å²) in [5, 5.41) is 6.46. The van der Waals surface area contributed by atoms with Gasteiger partial charge in [-0.2, -0.15) is 0 Å². The number of benzene rings is 1. The van der Waals surface area contributed by atoms with Crippen LogP contribution >= 0.6 is 15.9 Å². The monoisotopic (exact) mass is 352 g/mol. The minimum absolute atomic E-state index is 0.123. The lowest BCUT2D eigenvalue weighted by molar-refractivity contribution is -0.122. The van der Waals surface area contributed by atoms with E-state index in [4.69, 9.17) is 0 Å². The molecule has 1 aliphatic carbocycles. The molecule has 0 heterocycles. The predicted octanol–water partition coefficient (Wildman–Crippen LogP) is 3.59. The molecule has 0 saturated heterocycles. The van der Waals surface area contributed by atoms with E-state index in [2.05, 4.69) is 50.8 Å². The van der Waals surface area contributed by atoms with Gasteiger partial charge in [-0.25, -0.2) is 0 Å². The number of hydrogen-bond acceptors (Lipinski definition) is 2. The van der Waals surface area contributed by atoms with Gasteiger partial charge in [0.25, 0.3) is 0 Å². The zero-order valence-electron chi connectivity index (χ0n) is 13.1. The molecule has 0 radical (unpaired) electrons. The first-order valence-corrected chi connectivity index (χ1v) is 8.42. The second-order valence-corrected chi connectivity index (χ2v) is 7.84. The van der Waals surface area contributed by atoms with Crippen LogP contribution in [0, 0.1) is 0 Å². The van der Waals surface area contributed by atoms with Crippen LogP contribution < -0.4 is 10.6 Å². The van der Waals surface area contributed by atoms with Crippen molar-refractivity contribution in [2.75, 3.05) is 6.54 Å². The molecule has 1 aromatic rings. The minimum atomic E-state index is -0.140. The van der Waals surface area contributed by atoms with E-state index in [1.165, 1.54) is 5.56 Å². The van der Waals surface area contributed by atoms with Crippen molar-refractivity contribution in [1.29, 1.82) is 0 Å². The highest BCUT2D eigenvalue weighted by molar-refractivity contribution is 9.10. The SMILES string of the molecule is CC(C)(C)NC(=O)CCNC1CC(c2cccc(Br)c2)C1. The van der Waals surface area contributed by atoms with Crippen molar-refractivity contribution < 1.29 is 4.79 Å². The Bertz CT molecular complexity index is 490. The molecule has 2 rings (SSSR count). The molecule has 1 amide bonds. The molecular formula is C17H25BrN2O. The fourth-order valence-corrected chi connectivity index (χ4v) is 3.10. The van der Waals surface area contributed by atoms with Gasteiger partial charge in [-0.15, -0.1) is 0 Å². The van der Waals surface area contributed by atoms with Gasteiger partial charge in [0.05, 0.1) is 0 Å². The Morgan fingerprint density at radius 3 is 2.67 bits per heavy atom. The number of rotatable bonds is 5. The number of halogens is 1. The summed E-state index contributed by atoms with van der Waals surface area (Å²) in [6.07, 6.45) is 2.88. The molecular weight excluding hydrogens is 328 g/mol. The highest BCUT2D eigenvalue weighted by Gasteiger charge is 2.29. The fourth-order valence-electron chi connectivity index (χ4n) is 2.69. The maximum Gasteiger partial charge on any atom is 0.221 e. The van der Waals surface area contributed by atoms with Crippen LogP contribution in [0.2, 0.25) is 0 Å². The second-order valence-electron chi connectivity index (χ2n) is 6.92. The smallest absolute Gasteiger partial charge is 0.221 e. The quantitative estimate of drug-likeness (QED) is 0.849. The van der Waals surface area contributed by atoms with Crippen LogP contribution in [0.25, 0.3) is 0 Å². The van der Waals surface area contributed by atoms with Crippen LogP contribution in [-0.4, -0.2) is 24.0 Å². The third kappa shape index (κ3) is 5.44. The van der Waals surface area contributed by atoms with E-state index in [1.807, 2.05) is 20.8 Å². The second kappa shape index (κ2) is 6.93. The molecule has 0 bridgehead atoms. The largest absolute Gasteiger partial charge is 0.351 e. The molecule has 1 aliphatic rings. The molecule has 0 unspecified atom stereocenters. The molecule has 3 nitrogen and oxygen atoms in total. The Kier molecular flexibility index (Phi) is 5.44. The molecule has 0 aromatic heterocycles. The number of nitrogens with one attached hydrogen (secondary N) is 2. The Balaban J connectivity index is 1.64. The average Bonchev–Trinajstić information content (AvgIpc) is 2.29. The fraction of sp³-hybridized carbons (Fsp3) is 0.588. The lowest BCUT2D eigenvalue weighted by Gasteiger charge is -2.36. The van der Waals surface area contributed by atoms with E-state index in [9.17, 15) is 4.79 Å². The average molecular weight is 353 g/mol. The van der Waals surface area contributed by atoms with Gasteiger partial charge < -0.3 is 10.6 Å². The third-order valence-corrected chi connectivity index (χ3v) is 4.25. The number of carbonyl (C=O) groups is 1. The van der Waals surface area contributed by atoms with Crippen molar-refractivity contribution in [1.82, 2.24) is 10.6 Å². The van der Waals surface area contributed by atoms with Gasteiger partial charge in [-0.05, 0) is 57.2 Å². The van der Waals surface area contributed by atoms with Crippen LogP contribution in [0.3, 0.4) is 0 Å². The molecule has 1 aromatic carbocycles. The number of amides is 1. The molecule has 0 spiro atoms. The summed E-state index contributed by atoms with van der Waals surface area (Å²) in [6.45, 7) is 6.78. The lowest BCUT2D eigenvalue weighted by Crippen LogP contribution is -2.44. The summed E-state index contributed by atoms with van der Waals surface area (Å²) in [5.41, 5.74) is 1.27. The van der Waals surface area contributed by atoms with Crippen LogP contribution in [0.4, 0.5) is 0 Å². The van der Waals surface area contributed by atoms with Gasteiger partial charge >= 0.3 is 0 Å². The van der Waals surface area contributed by atoms with Crippen LogP contribution in [0.5, 0.6) is 0 Å². The van der Waals surface area contributed by atoms with Crippen molar-refractivity contribution in [2.45, 2.75) is 57.5 Å².